The van der Waals surface area contributed by atoms with E-state index in [1.807, 2.05) is 0 Å². The molecule has 92 valence electrons. The normalized spacial score (nSPS) is 16.0. The van der Waals surface area contributed by atoms with Crippen LogP contribution in [0.25, 0.3) is 0 Å². The van der Waals surface area contributed by atoms with Crippen LogP contribution in [0.5, 0.6) is 0 Å². The van der Waals surface area contributed by atoms with Crippen molar-refractivity contribution < 1.29 is 4.74 Å². The van der Waals surface area contributed by atoms with Crippen molar-refractivity contribution in [1.82, 2.24) is 5.32 Å². The fourth-order valence-corrected chi connectivity index (χ4v) is 1.49. The highest BCUT2D eigenvalue weighted by Crippen LogP contribution is 2.11. The minimum absolute atomic E-state index is 0.589. The van der Waals surface area contributed by atoms with Crippen LogP contribution in [0, 0.1) is 17.8 Å². The van der Waals surface area contributed by atoms with Crippen molar-refractivity contribution in [2.24, 2.45) is 17.8 Å². The van der Waals surface area contributed by atoms with Gasteiger partial charge in [0.05, 0.1) is 0 Å². The first-order valence-corrected chi connectivity index (χ1v) is 6.21. The molecule has 0 aliphatic carbocycles. The average Bonchev–Trinajstić information content (AvgIpc) is 2.16. The van der Waals surface area contributed by atoms with Gasteiger partial charge in [-0.1, -0.05) is 34.6 Å². The van der Waals surface area contributed by atoms with Gasteiger partial charge >= 0.3 is 0 Å². The summed E-state index contributed by atoms with van der Waals surface area (Å²) in [4.78, 5) is 0. The molecule has 0 spiro atoms. The third-order valence-corrected chi connectivity index (χ3v) is 3.28. The van der Waals surface area contributed by atoms with Crippen molar-refractivity contribution in [1.29, 1.82) is 0 Å². The summed E-state index contributed by atoms with van der Waals surface area (Å²) in [6, 6.07) is 0.589. The van der Waals surface area contributed by atoms with E-state index in [2.05, 4.69) is 39.9 Å². The van der Waals surface area contributed by atoms with Crippen LogP contribution < -0.4 is 5.32 Å². The van der Waals surface area contributed by atoms with Gasteiger partial charge in [0.15, 0.2) is 0 Å². The number of rotatable bonds is 8. The molecule has 0 saturated carbocycles. The predicted molar refractivity (Wildman–Crippen MR) is 67.1 cm³/mol. The monoisotopic (exact) mass is 215 g/mol. The number of methoxy groups -OCH3 is 1. The molecule has 0 rings (SSSR count). The summed E-state index contributed by atoms with van der Waals surface area (Å²) in [5, 5.41) is 3.66. The molecule has 0 saturated heterocycles. The van der Waals surface area contributed by atoms with E-state index in [4.69, 9.17) is 4.74 Å². The van der Waals surface area contributed by atoms with Gasteiger partial charge in [0.1, 0.15) is 0 Å². The minimum Gasteiger partial charge on any atom is -0.385 e. The highest BCUT2D eigenvalue weighted by atomic mass is 16.5. The molecular formula is C13H29NO. The van der Waals surface area contributed by atoms with Gasteiger partial charge in [-0.3, -0.25) is 0 Å². The van der Waals surface area contributed by atoms with Gasteiger partial charge in [0.2, 0.25) is 0 Å². The van der Waals surface area contributed by atoms with Gasteiger partial charge in [-0.2, -0.15) is 0 Å². The molecule has 0 amide bonds. The maximum atomic E-state index is 5.14. The van der Waals surface area contributed by atoms with Gasteiger partial charge in [0.25, 0.3) is 0 Å². The first-order valence-electron chi connectivity index (χ1n) is 6.21. The van der Waals surface area contributed by atoms with Crippen molar-refractivity contribution >= 4 is 0 Å². The lowest BCUT2D eigenvalue weighted by Crippen LogP contribution is -2.38. The van der Waals surface area contributed by atoms with Crippen LogP contribution in [-0.2, 0) is 4.74 Å². The van der Waals surface area contributed by atoms with Crippen LogP contribution in [0.2, 0.25) is 0 Å². The molecule has 0 heterocycles. The van der Waals surface area contributed by atoms with Crippen LogP contribution in [0.1, 0.15) is 41.0 Å². The summed E-state index contributed by atoms with van der Waals surface area (Å²) < 4.78 is 5.14. The summed E-state index contributed by atoms with van der Waals surface area (Å²) in [5.41, 5.74) is 0. The Hall–Kier alpha value is -0.0800. The largest absolute Gasteiger partial charge is 0.385 e. The van der Waals surface area contributed by atoms with Gasteiger partial charge in [-0.05, 0) is 30.7 Å². The highest BCUT2D eigenvalue weighted by molar-refractivity contribution is 4.72. The first kappa shape index (κ1) is 14.9. The summed E-state index contributed by atoms with van der Waals surface area (Å²) >= 11 is 0. The van der Waals surface area contributed by atoms with E-state index >= 15 is 0 Å². The molecule has 2 unspecified atom stereocenters. The topological polar surface area (TPSA) is 21.3 Å². The predicted octanol–water partition coefficient (Wildman–Crippen LogP) is 2.93. The maximum absolute atomic E-state index is 5.14. The number of ether oxygens (including phenoxy) is 1. The molecular weight excluding hydrogens is 186 g/mol. The Kier molecular flexibility index (Phi) is 8.07. The molecule has 0 aromatic rings. The number of hydrogen-bond donors (Lipinski definition) is 1. The van der Waals surface area contributed by atoms with Crippen molar-refractivity contribution in [2.75, 3.05) is 20.3 Å². The van der Waals surface area contributed by atoms with Crippen LogP contribution in [0.4, 0.5) is 0 Å². The van der Waals surface area contributed by atoms with E-state index < -0.39 is 0 Å². The number of nitrogens with one attached hydrogen (secondary N) is 1. The Balaban J connectivity index is 3.85. The van der Waals surface area contributed by atoms with E-state index in [9.17, 15) is 0 Å². The molecule has 0 bridgehead atoms. The van der Waals surface area contributed by atoms with Crippen LogP contribution in [0.3, 0.4) is 0 Å². The molecule has 0 aromatic heterocycles. The maximum Gasteiger partial charge on any atom is 0.0477 e. The SMILES string of the molecule is COCCC(NCC(C)C(C)C)C(C)C. The van der Waals surface area contributed by atoms with Crippen LogP contribution in [-0.4, -0.2) is 26.3 Å². The fourth-order valence-electron chi connectivity index (χ4n) is 1.49. The van der Waals surface area contributed by atoms with Gasteiger partial charge in [-0.25, -0.2) is 0 Å². The van der Waals surface area contributed by atoms with E-state index in [1.54, 1.807) is 7.11 Å². The molecule has 0 radical (unpaired) electrons. The Morgan fingerprint density at radius 3 is 2.00 bits per heavy atom. The second-order valence-corrected chi connectivity index (χ2v) is 5.26. The standard InChI is InChI=1S/C13H29NO/c1-10(2)12(5)9-14-13(11(3)4)7-8-15-6/h10-14H,7-9H2,1-6H3. The Morgan fingerprint density at radius 2 is 1.60 bits per heavy atom. The molecule has 0 fully saturated rings. The Bertz CT molecular complexity index is 145. The van der Waals surface area contributed by atoms with Crippen LogP contribution >= 0.6 is 0 Å². The third kappa shape index (κ3) is 6.91. The van der Waals surface area contributed by atoms with Gasteiger partial charge in [0, 0.05) is 19.8 Å². The van der Waals surface area contributed by atoms with E-state index in [0.717, 1.165) is 31.4 Å². The van der Waals surface area contributed by atoms with Gasteiger partial charge < -0.3 is 10.1 Å². The molecule has 2 atom stereocenters. The molecule has 0 aliphatic rings. The molecule has 0 aromatic carbocycles. The zero-order chi connectivity index (χ0) is 11.8. The molecule has 2 nitrogen and oxygen atoms in total. The third-order valence-electron chi connectivity index (χ3n) is 3.28. The Labute approximate surface area is 95.8 Å². The van der Waals surface area contributed by atoms with E-state index in [-0.39, 0.29) is 0 Å². The van der Waals surface area contributed by atoms with Crippen molar-refractivity contribution in [3.8, 4) is 0 Å². The second kappa shape index (κ2) is 8.12. The van der Waals surface area contributed by atoms with Crippen molar-refractivity contribution in [2.45, 2.75) is 47.1 Å². The molecule has 1 N–H and O–H groups in total. The first-order chi connectivity index (χ1) is 6.99. The van der Waals surface area contributed by atoms with E-state index in [0.29, 0.717) is 12.0 Å². The highest BCUT2D eigenvalue weighted by Gasteiger charge is 2.14. The van der Waals surface area contributed by atoms with E-state index in [1.165, 1.54) is 0 Å². The molecule has 15 heavy (non-hydrogen) atoms. The van der Waals surface area contributed by atoms with Crippen molar-refractivity contribution in [3.63, 3.8) is 0 Å². The summed E-state index contributed by atoms with van der Waals surface area (Å²) in [6.45, 7) is 13.4. The lowest BCUT2D eigenvalue weighted by atomic mass is 9.96. The quantitative estimate of drug-likeness (QED) is 0.672. The molecule has 0 aliphatic heterocycles. The summed E-state index contributed by atoms with van der Waals surface area (Å²) in [6.07, 6.45) is 1.11. The van der Waals surface area contributed by atoms with Gasteiger partial charge in [-0.15, -0.1) is 0 Å². The second-order valence-electron chi connectivity index (χ2n) is 5.26. The summed E-state index contributed by atoms with van der Waals surface area (Å²) in [5.74, 6) is 2.18. The fraction of sp³-hybridized carbons (Fsp3) is 1.00. The summed E-state index contributed by atoms with van der Waals surface area (Å²) in [7, 11) is 1.77. The molecule has 2 heteroatoms. The smallest absolute Gasteiger partial charge is 0.0477 e. The van der Waals surface area contributed by atoms with Crippen LogP contribution in [0.15, 0.2) is 0 Å². The minimum atomic E-state index is 0.589. The van der Waals surface area contributed by atoms with Crippen molar-refractivity contribution in [3.05, 3.63) is 0 Å². The zero-order valence-corrected chi connectivity index (χ0v) is 11.3. The lowest BCUT2D eigenvalue weighted by molar-refractivity contribution is 0.171. The number of hydrogen-bond acceptors (Lipinski definition) is 2. The Morgan fingerprint density at radius 1 is 1.00 bits per heavy atom. The average molecular weight is 215 g/mol. The zero-order valence-electron chi connectivity index (χ0n) is 11.3. The lowest BCUT2D eigenvalue weighted by Gasteiger charge is -2.25.